The van der Waals surface area contributed by atoms with Crippen LogP contribution in [0.5, 0.6) is 0 Å². The van der Waals surface area contributed by atoms with Gasteiger partial charge in [0.05, 0.1) is 12.3 Å². The highest BCUT2D eigenvalue weighted by Gasteiger charge is 2.16. The summed E-state index contributed by atoms with van der Waals surface area (Å²) in [6.45, 7) is 11.2. The molecule has 0 atom stereocenters. The van der Waals surface area contributed by atoms with Crippen molar-refractivity contribution in [3.63, 3.8) is 0 Å². The van der Waals surface area contributed by atoms with Gasteiger partial charge < -0.3 is 15.0 Å². The van der Waals surface area contributed by atoms with Gasteiger partial charge in [-0.3, -0.25) is 0 Å². The third-order valence-corrected chi connectivity index (χ3v) is 3.70. The lowest BCUT2D eigenvalue weighted by atomic mass is 10.1. The monoisotopic (exact) mass is 293 g/mol. The van der Waals surface area contributed by atoms with Crippen molar-refractivity contribution in [2.24, 2.45) is 0 Å². The molecule has 1 aromatic rings. The van der Waals surface area contributed by atoms with Crippen LogP contribution in [0, 0.1) is 0 Å². The number of nitrogens with zero attached hydrogens (tertiary/aromatic N) is 2. The van der Waals surface area contributed by atoms with Crippen molar-refractivity contribution in [3.8, 4) is 0 Å². The van der Waals surface area contributed by atoms with Gasteiger partial charge in [-0.15, -0.1) is 0 Å². The Labute approximate surface area is 129 Å². The predicted molar refractivity (Wildman–Crippen MR) is 89.8 cm³/mol. The van der Waals surface area contributed by atoms with Crippen LogP contribution in [-0.4, -0.2) is 37.3 Å². The summed E-state index contributed by atoms with van der Waals surface area (Å²) in [5.74, 6) is 1.06. The molecule has 4 heteroatoms. The van der Waals surface area contributed by atoms with E-state index in [1.807, 2.05) is 0 Å². The largest absolute Gasteiger partial charge is 0.383 e. The molecule has 21 heavy (non-hydrogen) atoms. The van der Waals surface area contributed by atoms with Crippen LogP contribution in [0.2, 0.25) is 0 Å². The topological polar surface area (TPSA) is 37.4 Å². The smallest absolute Gasteiger partial charge is 0.129 e. The molecular formula is C17H31N3O. The highest BCUT2D eigenvalue weighted by Crippen LogP contribution is 2.18. The summed E-state index contributed by atoms with van der Waals surface area (Å²) in [6, 6.07) is 7.27. The minimum atomic E-state index is 0.471. The molecule has 0 radical (unpaired) electrons. The molecule has 0 bridgehead atoms. The summed E-state index contributed by atoms with van der Waals surface area (Å²) in [5.41, 5.74) is 1.09. The minimum absolute atomic E-state index is 0.471. The number of rotatable bonds is 10. The third-order valence-electron chi connectivity index (χ3n) is 3.70. The van der Waals surface area contributed by atoms with Crippen LogP contribution >= 0.6 is 0 Å². The van der Waals surface area contributed by atoms with E-state index in [2.05, 4.69) is 56.1 Å². The number of anilines is 1. The maximum Gasteiger partial charge on any atom is 0.129 e. The number of methoxy groups -OCH3 is 1. The van der Waals surface area contributed by atoms with Gasteiger partial charge in [0.15, 0.2) is 0 Å². The Balaban J connectivity index is 2.87. The molecule has 1 N–H and O–H groups in total. The maximum absolute atomic E-state index is 5.26. The van der Waals surface area contributed by atoms with Crippen molar-refractivity contribution in [3.05, 3.63) is 23.9 Å². The van der Waals surface area contributed by atoms with E-state index in [4.69, 9.17) is 9.72 Å². The molecule has 0 amide bonds. The Bertz CT molecular complexity index is 391. The van der Waals surface area contributed by atoms with Crippen molar-refractivity contribution in [2.45, 2.75) is 59.2 Å². The molecule has 120 valence electrons. The van der Waals surface area contributed by atoms with Gasteiger partial charge in [-0.2, -0.15) is 0 Å². The fourth-order valence-corrected chi connectivity index (χ4v) is 2.44. The Hall–Kier alpha value is -1.13. The average Bonchev–Trinajstić information content (AvgIpc) is 2.49. The first-order chi connectivity index (χ1) is 10.1. The molecule has 1 aromatic heterocycles. The SMILES string of the molecule is CCC(CC)N(CCOC)c1cccc(CNC(C)C)n1. The molecule has 0 fully saturated rings. The molecule has 0 aliphatic carbocycles. The van der Waals surface area contributed by atoms with Crippen LogP contribution in [0.3, 0.4) is 0 Å². The molecule has 0 aliphatic heterocycles. The lowest BCUT2D eigenvalue weighted by Gasteiger charge is -2.31. The van der Waals surface area contributed by atoms with E-state index in [9.17, 15) is 0 Å². The molecule has 0 saturated carbocycles. The van der Waals surface area contributed by atoms with E-state index in [-0.39, 0.29) is 0 Å². The van der Waals surface area contributed by atoms with Crippen LogP contribution in [0.1, 0.15) is 46.2 Å². The van der Waals surface area contributed by atoms with Crippen LogP contribution in [0.4, 0.5) is 5.82 Å². The number of hydrogen-bond acceptors (Lipinski definition) is 4. The van der Waals surface area contributed by atoms with Crippen molar-refractivity contribution >= 4 is 5.82 Å². The van der Waals surface area contributed by atoms with Crippen molar-refractivity contribution in [1.82, 2.24) is 10.3 Å². The highest BCUT2D eigenvalue weighted by atomic mass is 16.5. The normalized spacial score (nSPS) is 11.4. The second kappa shape index (κ2) is 9.74. The standard InChI is InChI=1S/C17H31N3O/c1-6-16(7-2)20(11-12-21-5)17-10-8-9-15(19-17)13-18-14(3)4/h8-10,14,16,18H,6-7,11-13H2,1-5H3. The molecular weight excluding hydrogens is 262 g/mol. The van der Waals surface area contributed by atoms with E-state index in [1.165, 1.54) is 0 Å². The van der Waals surface area contributed by atoms with E-state index in [0.717, 1.165) is 44.0 Å². The van der Waals surface area contributed by atoms with Crippen LogP contribution in [-0.2, 0) is 11.3 Å². The summed E-state index contributed by atoms with van der Waals surface area (Å²) >= 11 is 0. The zero-order valence-corrected chi connectivity index (χ0v) is 14.2. The number of hydrogen-bond donors (Lipinski definition) is 1. The first kappa shape index (κ1) is 17.9. The second-order valence-corrected chi connectivity index (χ2v) is 5.68. The van der Waals surface area contributed by atoms with Crippen molar-refractivity contribution < 1.29 is 4.74 Å². The maximum atomic E-state index is 5.26. The van der Waals surface area contributed by atoms with E-state index < -0.39 is 0 Å². The molecule has 1 heterocycles. The highest BCUT2D eigenvalue weighted by molar-refractivity contribution is 5.40. The summed E-state index contributed by atoms with van der Waals surface area (Å²) < 4.78 is 5.26. The molecule has 0 aromatic carbocycles. The van der Waals surface area contributed by atoms with Crippen molar-refractivity contribution in [2.75, 3.05) is 25.2 Å². The van der Waals surface area contributed by atoms with E-state index in [0.29, 0.717) is 12.1 Å². The van der Waals surface area contributed by atoms with Crippen molar-refractivity contribution in [1.29, 1.82) is 0 Å². The third kappa shape index (κ3) is 6.02. The Morgan fingerprint density at radius 1 is 1.24 bits per heavy atom. The number of nitrogens with one attached hydrogen (secondary N) is 1. The van der Waals surface area contributed by atoms with Gasteiger partial charge in [0.1, 0.15) is 5.82 Å². The van der Waals surface area contributed by atoms with Gasteiger partial charge in [0, 0.05) is 32.3 Å². The number of pyridine rings is 1. The van der Waals surface area contributed by atoms with Gasteiger partial charge >= 0.3 is 0 Å². The van der Waals surface area contributed by atoms with Crippen LogP contribution in [0.25, 0.3) is 0 Å². The first-order valence-corrected chi connectivity index (χ1v) is 8.07. The van der Waals surface area contributed by atoms with Gasteiger partial charge in [0.25, 0.3) is 0 Å². The Kier molecular flexibility index (Phi) is 8.31. The Morgan fingerprint density at radius 3 is 2.52 bits per heavy atom. The molecule has 4 nitrogen and oxygen atoms in total. The van der Waals surface area contributed by atoms with Crippen LogP contribution < -0.4 is 10.2 Å². The molecule has 0 aliphatic rings. The number of ether oxygens (including phenoxy) is 1. The second-order valence-electron chi connectivity index (χ2n) is 5.68. The van der Waals surface area contributed by atoms with E-state index in [1.54, 1.807) is 7.11 Å². The Morgan fingerprint density at radius 2 is 1.95 bits per heavy atom. The average molecular weight is 293 g/mol. The van der Waals surface area contributed by atoms with Crippen LogP contribution in [0.15, 0.2) is 18.2 Å². The molecule has 0 spiro atoms. The lowest BCUT2D eigenvalue weighted by molar-refractivity contribution is 0.202. The summed E-state index contributed by atoms with van der Waals surface area (Å²) in [5, 5.41) is 3.42. The van der Waals surface area contributed by atoms with Gasteiger partial charge in [-0.25, -0.2) is 4.98 Å². The zero-order valence-electron chi connectivity index (χ0n) is 14.2. The van der Waals surface area contributed by atoms with Gasteiger partial charge in [0.2, 0.25) is 0 Å². The molecule has 0 saturated heterocycles. The predicted octanol–water partition coefficient (Wildman–Crippen LogP) is 3.22. The lowest BCUT2D eigenvalue weighted by Crippen LogP contribution is -2.38. The fraction of sp³-hybridized carbons (Fsp3) is 0.706. The quantitative estimate of drug-likeness (QED) is 0.719. The van der Waals surface area contributed by atoms with Gasteiger partial charge in [-0.1, -0.05) is 33.8 Å². The number of aromatic nitrogens is 1. The molecule has 1 rings (SSSR count). The molecule has 0 unspecified atom stereocenters. The fourth-order valence-electron chi connectivity index (χ4n) is 2.44. The minimum Gasteiger partial charge on any atom is -0.383 e. The summed E-state index contributed by atoms with van der Waals surface area (Å²) in [7, 11) is 1.75. The zero-order chi connectivity index (χ0) is 15.7. The summed E-state index contributed by atoms with van der Waals surface area (Å²) in [6.07, 6.45) is 2.24. The van der Waals surface area contributed by atoms with E-state index >= 15 is 0 Å². The van der Waals surface area contributed by atoms with Gasteiger partial charge in [-0.05, 0) is 25.0 Å². The first-order valence-electron chi connectivity index (χ1n) is 8.07. The summed E-state index contributed by atoms with van der Waals surface area (Å²) in [4.78, 5) is 7.20.